The lowest BCUT2D eigenvalue weighted by molar-refractivity contribution is -0.145. The van der Waals surface area contributed by atoms with Crippen molar-refractivity contribution in [3.05, 3.63) is 35.9 Å². The van der Waals surface area contributed by atoms with Crippen molar-refractivity contribution >= 4 is 30.2 Å². The van der Waals surface area contributed by atoms with Gasteiger partial charge in [0.25, 0.3) is 0 Å². The molecule has 1 aromatic rings. The van der Waals surface area contributed by atoms with Gasteiger partial charge >= 0.3 is 5.97 Å². The Labute approximate surface area is 135 Å². The number of benzene rings is 1. The second-order valence-corrected chi connectivity index (χ2v) is 4.31. The van der Waals surface area contributed by atoms with E-state index in [1.807, 2.05) is 30.3 Å². The Morgan fingerprint density at radius 2 is 1.82 bits per heavy atom. The molecule has 7 nitrogen and oxygen atoms in total. The van der Waals surface area contributed by atoms with Crippen molar-refractivity contribution in [3.8, 4) is 0 Å². The summed E-state index contributed by atoms with van der Waals surface area (Å²) in [5.74, 6) is -1.47. The molecule has 0 radical (unpaired) electrons. The summed E-state index contributed by atoms with van der Waals surface area (Å²) in [4.78, 5) is 34.4. The highest BCUT2D eigenvalue weighted by Gasteiger charge is 2.21. The van der Waals surface area contributed by atoms with E-state index in [1.54, 1.807) is 0 Å². The molecule has 0 aliphatic rings. The quantitative estimate of drug-likeness (QED) is 0.578. The summed E-state index contributed by atoms with van der Waals surface area (Å²) in [6, 6.07) is 8.42. The van der Waals surface area contributed by atoms with Gasteiger partial charge in [-0.05, 0) is 5.56 Å². The number of carbonyl (C=O) groups is 3. The molecule has 2 amide bonds. The number of halogens is 1. The first-order chi connectivity index (χ1) is 10.1. The minimum atomic E-state index is -0.806. The van der Waals surface area contributed by atoms with E-state index in [0.29, 0.717) is 6.42 Å². The van der Waals surface area contributed by atoms with Crippen LogP contribution in [0.1, 0.15) is 5.56 Å². The molecule has 0 saturated carbocycles. The summed E-state index contributed by atoms with van der Waals surface area (Å²) in [7, 11) is 1.25. The third-order valence-corrected chi connectivity index (χ3v) is 2.74. The molecule has 1 atom stereocenters. The maximum Gasteiger partial charge on any atom is 0.328 e. The molecule has 0 bridgehead atoms. The second-order valence-electron chi connectivity index (χ2n) is 4.31. The van der Waals surface area contributed by atoms with Gasteiger partial charge in [-0.15, -0.1) is 12.4 Å². The molecule has 4 N–H and O–H groups in total. The molecular weight excluding hydrogens is 310 g/mol. The Bertz CT molecular complexity index is 496. The van der Waals surface area contributed by atoms with Crippen LogP contribution in [0, 0.1) is 0 Å². The van der Waals surface area contributed by atoms with E-state index in [1.165, 1.54) is 7.11 Å². The Balaban J connectivity index is 0.00000441. The van der Waals surface area contributed by atoms with Crippen LogP contribution in [0.5, 0.6) is 0 Å². The molecule has 22 heavy (non-hydrogen) atoms. The fourth-order valence-electron chi connectivity index (χ4n) is 1.68. The van der Waals surface area contributed by atoms with Crippen molar-refractivity contribution in [2.75, 3.05) is 20.2 Å². The second kappa shape index (κ2) is 10.6. The highest BCUT2D eigenvalue weighted by molar-refractivity contribution is 5.88. The first kappa shape index (κ1) is 19.9. The number of ether oxygens (including phenoxy) is 1. The molecule has 8 heteroatoms. The van der Waals surface area contributed by atoms with Gasteiger partial charge in [-0.25, -0.2) is 4.79 Å². The van der Waals surface area contributed by atoms with Crippen LogP contribution in [-0.2, 0) is 25.5 Å². The van der Waals surface area contributed by atoms with Crippen LogP contribution in [-0.4, -0.2) is 44.0 Å². The zero-order chi connectivity index (χ0) is 15.7. The smallest absolute Gasteiger partial charge is 0.328 e. The number of carbonyl (C=O) groups excluding carboxylic acids is 3. The van der Waals surface area contributed by atoms with Gasteiger partial charge in [-0.2, -0.15) is 0 Å². The largest absolute Gasteiger partial charge is 0.467 e. The molecular formula is C14H20ClN3O4. The van der Waals surface area contributed by atoms with E-state index in [2.05, 4.69) is 15.4 Å². The van der Waals surface area contributed by atoms with Gasteiger partial charge < -0.3 is 21.1 Å². The van der Waals surface area contributed by atoms with Gasteiger partial charge in [0.2, 0.25) is 11.8 Å². The lowest BCUT2D eigenvalue weighted by Crippen LogP contribution is -2.47. The zero-order valence-electron chi connectivity index (χ0n) is 12.2. The predicted octanol–water partition coefficient (Wildman–Crippen LogP) is -0.616. The number of nitrogens with one attached hydrogen (secondary N) is 2. The van der Waals surface area contributed by atoms with Crippen molar-refractivity contribution in [3.63, 3.8) is 0 Å². The van der Waals surface area contributed by atoms with Crippen molar-refractivity contribution < 1.29 is 19.1 Å². The van der Waals surface area contributed by atoms with E-state index in [9.17, 15) is 14.4 Å². The van der Waals surface area contributed by atoms with E-state index in [4.69, 9.17) is 5.73 Å². The van der Waals surface area contributed by atoms with Gasteiger partial charge in [-0.1, -0.05) is 30.3 Å². The number of hydrogen-bond acceptors (Lipinski definition) is 5. The number of esters is 1. The van der Waals surface area contributed by atoms with E-state index in [0.717, 1.165) is 5.56 Å². The van der Waals surface area contributed by atoms with Gasteiger partial charge in [0.1, 0.15) is 6.04 Å². The molecule has 122 valence electrons. The topological polar surface area (TPSA) is 111 Å². The zero-order valence-corrected chi connectivity index (χ0v) is 13.0. The van der Waals surface area contributed by atoms with Crippen LogP contribution in [0.15, 0.2) is 30.3 Å². The van der Waals surface area contributed by atoms with Crippen molar-refractivity contribution in [1.29, 1.82) is 0 Å². The van der Waals surface area contributed by atoms with Gasteiger partial charge in [0, 0.05) is 6.42 Å². The molecule has 0 aliphatic heterocycles. The molecule has 0 spiro atoms. The van der Waals surface area contributed by atoms with Gasteiger partial charge in [0.05, 0.1) is 20.2 Å². The number of nitrogens with two attached hydrogens (primary N) is 1. The molecule has 1 unspecified atom stereocenters. The molecule has 1 rings (SSSR count). The minimum Gasteiger partial charge on any atom is -0.467 e. The van der Waals surface area contributed by atoms with Crippen LogP contribution < -0.4 is 16.4 Å². The molecule has 0 heterocycles. The maximum absolute atomic E-state index is 11.7. The number of methoxy groups -OCH3 is 1. The predicted molar refractivity (Wildman–Crippen MR) is 83.4 cm³/mol. The fourth-order valence-corrected chi connectivity index (χ4v) is 1.68. The summed E-state index contributed by atoms with van der Waals surface area (Å²) in [6.45, 7) is -0.434. The fraction of sp³-hybridized carbons (Fsp3) is 0.357. The first-order valence-corrected chi connectivity index (χ1v) is 6.44. The SMILES string of the molecule is COC(=O)C(Cc1ccccc1)NC(=O)CNC(=O)CN.Cl. The highest BCUT2D eigenvalue weighted by atomic mass is 35.5. The first-order valence-electron chi connectivity index (χ1n) is 6.44. The highest BCUT2D eigenvalue weighted by Crippen LogP contribution is 2.04. The Kier molecular flexibility index (Phi) is 9.56. The number of rotatable bonds is 7. The normalized spacial score (nSPS) is 10.8. The van der Waals surface area contributed by atoms with Gasteiger partial charge in [-0.3, -0.25) is 9.59 Å². The van der Waals surface area contributed by atoms with E-state index in [-0.39, 0.29) is 25.5 Å². The van der Waals surface area contributed by atoms with E-state index >= 15 is 0 Å². The lowest BCUT2D eigenvalue weighted by Gasteiger charge is -2.16. The van der Waals surface area contributed by atoms with Crippen LogP contribution in [0.2, 0.25) is 0 Å². The average molecular weight is 330 g/mol. The molecule has 0 saturated heterocycles. The summed E-state index contributed by atoms with van der Waals surface area (Å²) in [5.41, 5.74) is 6.00. The van der Waals surface area contributed by atoms with Crippen molar-refractivity contribution in [2.24, 2.45) is 5.73 Å². The summed E-state index contributed by atoms with van der Waals surface area (Å²) < 4.78 is 4.67. The van der Waals surface area contributed by atoms with Crippen LogP contribution in [0.4, 0.5) is 0 Å². The Morgan fingerprint density at radius 3 is 2.36 bits per heavy atom. The average Bonchev–Trinajstić information content (AvgIpc) is 2.52. The van der Waals surface area contributed by atoms with Crippen molar-refractivity contribution in [1.82, 2.24) is 10.6 Å². The molecule has 0 fully saturated rings. The summed E-state index contributed by atoms with van der Waals surface area (Å²) in [6.07, 6.45) is 0.310. The van der Waals surface area contributed by atoms with E-state index < -0.39 is 23.8 Å². The molecule has 1 aromatic carbocycles. The van der Waals surface area contributed by atoms with Crippen LogP contribution >= 0.6 is 12.4 Å². The lowest BCUT2D eigenvalue weighted by atomic mass is 10.1. The third kappa shape index (κ3) is 7.05. The molecule has 0 aliphatic carbocycles. The standard InChI is InChI=1S/C14H19N3O4.ClH/c1-21-14(20)11(7-10-5-3-2-4-6-10)17-13(19)9-16-12(18)8-15;/h2-6,11H,7-9,15H2,1H3,(H,16,18)(H,17,19);1H. The van der Waals surface area contributed by atoms with Crippen molar-refractivity contribution in [2.45, 2.75) is 12.5 Å². The summed E-state index contributed by atoms with van der Waals surface area (Å²) in [5, 5.41) is 4.86. The minimum absolute atomic E-state index is 0. The Morgan fingerprint density at radius 1 is 1.18 bits per heavy atom. The number of hydrogen-bond donors (Lipinski definition) is 3. The maximum atomic E-state index is 11.7. The van der Waals surface area contributed by atoms with Gasteiger partial charge in [0.15, 0.2) is 0 Å². The van der Waals surface area contributed by atoms with Crippen LogP contribution in [0.25, 0.3) is 0 Å². The molecule has 0 aromatic heterocycles. The summed E-state index contributed by atoms with van der Waals surface area (Å²) >= 11 is 0. The number of amides is 2. The Hall–Kier alpha value is -2.12. The van der Waals surface area contributed by atoms with Crippen LogP contribution in [0.3, 0.4) is 0 Å². The third-order valence-electron chi connectivity index (χ3n) is 2.74. The monoisotopic (exact) mass is 329 g/mol.